The molecule has 2 bridgehead atoms. The van der Waals surface area contributed by atoms with E-state index in [1.165, 1.54) is 36.8 Å². The van der Waals surface area contributed by atoms with Gasteiger partial charge in [0.25, 0.3) is 0 Å². The molecule has 5 aliphatic rings. The molecule has 5 aliphatic carbocycles. The topological polar surface area (TPSA) is 69.7 Å². The van der Waals surface area contributed by atoms with Crippen LogP contribution in [0.3, 0.4) is 0 Å². The molecule has 0 heterocycles. The molecule has 0 amide bonds. The van der Waals surface area contributed by atoms with E-state index < -0.39 is 17.9 Å². The zero-order valence-corrected chi connectivity index (χ0v) is 24.4. The summed E-state index contributed by atoms with van der Waals surface area (Å²) in [6, 6.07) is 0. The normalized spacial score (nSPS) is 41.4. The minimum absolute atomic E-state index is 0.0829. The summed E-state index contributed by atoms with van der Waals surface area (Å²) in [4.78, 5) is 38.1. The first-order valence-electron chi connectivity index (χ1n) is 15.4. The number of rotatable bonds is 8. The van der Waals surface area contributed by atoms with E-state index in [2.05, 4.69) is 33.8 Å². The Kier molecular flexibility index (Phi) is 7.22. The molecule has 4 unspecified atom stereocenters. The van der Waals surface area contributed by atoms with Gasteiger partial charge < -0.3 is 9.47 Å². The van der Waals surface area contributed by atoms with Crippen molar-refractivity contribution in [2.24, 2.45) is 51.8 Å². The third kappa shape index (κ3) is 3.96. The zero-order valence-electron chi connectivity index (χ0n) is 24.4. The second-order valence-corrected chi connectivity index (χ2v) is 13.5. The van der Waals surface area contributed by atoms with Gasteiger partial charge in [0, 0.05) is 6.42 Å². The predicted molar refractivity (Wildman–Crippen MR) is 147 cm³/mol. The number of hydrogen-bond acceptors (Lipinski definition) is 5. The summed E-state index contributed by atoms with van der Waals surface area (Å²) in [7, 11) is 0. The second kappa shape index (κ2) is 9.93. The van der Waals surface area contributed by atoms with Crippen LogP contribution < -0.4 is 0 Å². The van der Waals surface area contributed by atoms with Crippen molar-refractivity contribution in [2.75, 3.05) is 13.2 Å². The smallest absolute Gasteiger partial charge is 0.320 e. The molecule has 0 aromatic rings. The number of hydrogen-bond donors (Lipinski definition) is 0. The van der Waals surface area contributed by atoms with Crippen LogP contribution in [0.4, 0.5) is 0 Å². The minimum Gasteiger partial charge on any atom is -0.465 e. The highest BCUT2D eigenvalue weighted by molar-refractivity contribution is 5.95. The summed E-state index contributed by atoms with van der Waals surface area (Å²) in [6.07, 6.45) is 13.8. The van der Waals surface area contributed by atoms with Crippen LogP contribution in [0.1, 0.15) is 99.3 Å². The molecule has 38 heavy (non-hydrogen) atoms. The number of carbonyl (C=O) groups excluding carboxylic acids is 3. The molecular formula is C33H48O5. The number of ketones is 1. The number of allylic oxidation sites excluding steroid dienone is 4. The largest absolute Gasteiger partial charge is 0.465 e. The van der Waals surface area contributed by atoms with Crippen LogP contribution in [-0.4, -0.2) is 30.9 Å². The van der Waals surface area contributed by atoms with Crippen LogP contribution in [0.5, 0.6) is 0 Å². The van der Waals surface area contributed by atoms with Crippen LogP contribution in [0.15, 0.2) is 23.3 Å². The van der Waals surface area contributed by atoms with E-state index in [0.29, 0.717) is 47.7 Å². The molecule has 5 heteroatoms. The Morgan fingerprint density at radius 3 is 2.34 bits per heavy atom. The molecule has 0 N–H and O–H groups in total. The summed E-state index contributed by atoms with van der Waals surface area (Å²) >= 11 is 0. The molecular weight excluding hydrogens is 476 g/mol. The lowest BCUT2D eigenvalue weighted by molar-refractivity contribution is -0.162. The summed E-state index contributed by atoms with van der Waals surface area (Å²) in [5.41, 5.74) is 3.34. The molecule has 1 spiro atoms. The van der Waals surface area contributed by atoms with Gasteiger partial charge in [-0.25, -0.2) is 0 Å². The van der Waals surface area contributed by atoms with E-state index in [0.717, 1.165) is 19.3 Å². The average Bonchev–Trinajstić information content (AvgIpc) is 3.42. The molecule has 0 aromatic carbocycles. The SMILES string of the molecule is CCOC(=O)C(C[C@@H](C)[C@H]1CC[C@@]23C4/C=C(/CC)C5=CC(=O)CCC5(C)[C@@H](CCC12C)CC43)C(=O)OCC. The van der Waals surface area contributed by atoms with Gasteiger partial charge >= 0.3 is 11.9 Å². The standard InChI is InChI=1S/C33H48O5/c1-7-21-17-27-28-18-22(31(5)13-11-23(34)19-26(21)31)10-14-32(6)25(12-15-33(27,28)32)20(4)16-24(29(35)37-8-2)30(36)38-9-3/h17,19-20,22,24-25,27-28H,7-16,18H2,1-6H3/b21-17-/t20-,22+,25-,27?,28?,31?,32?,33+/m1/s1. The van der Waals surface area contributed by atoms with Crippen molar-refractivity contribution < 1.29 is 23.9 Å². The van der Waals surface area contributed by atoms with Gasteiger partial charge in [0.05, 0.1) is 13.2 Å². The Hall–Kier alpha value is -1.91. The van der Waals surface area contributed by atoms with Crippen LogP contribution in [0.2, 0.25) is 0 Å². The summed E-state index contributed by atoms with van der Waals surface area (Å²) in [6.45, 7) is 13.6. The molecule has 0 saturated heterocycles. The van der Waals surface area contributed by atoms with Crippen molar-refractivity contribution in [1.82, 2.24) is 0 Å². The fourth-order valence-electron chi connectivity index (χ4n) is 10.2. The average molecular weight is 525 g/mol. The molecule has 5 nitrogen and oxygen atoms in total. The van der Waals surface area contributed by atoms with E-state index in [1.54, 1.807) is 13.8 Å². The predicted octanol–water partition coefficient (Wildman–Crippen LogP) is 6.85. The Morgan fingerprint density at radius 2 is 1.71 bits per heavy atom. The van der Waals surface area contributed by atoms with E-state index in [9.17, 15) is 14.4 Å². The van der Waals surface area contributed by atoms with E-state index in [4.69, 9.17) is 9.47 Å². The fourth-order valence-corrected chi connectivity index (χ4v) is 10.2. The van der Waals surface area contributed by atoms with Crippen molar-refractivity contribution in [2.45, 2.75) is 99.3 Å². The van der Waals surface area contributed by atoms with Crippen LogP contribution >= 0.6 is 0 Å². The number of ether oxygens (including phenoxy) is 2. The van der Waals surface area contributed by atoms with E-state index in [-0.39, 0.29) is 30.0 Å². The second-order valence-electron chi connectivity index (χ2n) is 13.5. The minimum atomic E-state index is -0.841. The number of carbonyl (C=O) groups is 3. The third-order valence-electron chi connectivity index (χ3n) is 12.1. The van der Waals surface area contributed by atoms with Gasteiger partial charge in [0.15, 0.2) is 11.7 Å². The highest BCUT2D eigenvalue weighted by atomic mass is 16.6. The maximum atomic E-state index is 12.8. The Balaban J connectivity index is 1.47. The number of fused-ring (bicyclic) bond motifs is 3. The highest BCUT2D eigenvalue weighted by Crippen LogP contribution is 2.83. The Morgan fingerprint density at radius 1 is 1.03 bits per heavy atom. The van der Waals surface area contributed by atoms with Crippen LogP contribution in [-0.2, 0) is 23.9 Å². The lowest BCUT2D eigenvalue weighted by atomic mass is 9.58. The van der Waals surface area contributed by atoms with Crippen molar-refractivity contribution >= 4 is 17.7 Å². The lowest BCUT2D eigenvalue weighted by Gasteiger charge is -2.46. The molecule has 3 fully saturated rings. The first-order chi connectivity index (χ1) is 18.1. The molecule has 0 aromatic heterocycles. The van der Waals surface area contributed by atoms with Gasteiger partial charge in [0.1, 0.15) is 0 Å². The maximum absolute atomic E-state index is 12.8. The lowest BCUT2D eigenvalue weighted by Crippen LogP contribution is -2.39. The monoisotopic (exact) mass is 524 g/mol. The molecule has 0 aliphatic heterocycles. The maximum Gasteiger partial charge on any atom is 0.320 e. The summed E-state index contributed by atoms with van der Waals surface area (Å²) in [5.74, 6) is 1.16. The quantitative estimate of drug-likeness (QED) is 0.257. The molecule has 8 atom stereocenters. The van der Waals surface area contributed by atoms with E-state index >= 15 is 0 Å². The third-order valence-corrected chi connectivity index (χ3v) is 12.1. The van der Waals surface area contributed by atoms with E-state index in [1.807, 2.05) is 6.08 Å². The Labute approximate surface area is 229 Å². The van der Waals surface area contributed by atoms with Crippen molar-refractivity contribution in [3.05, 3.63) is 23.3 Å². The molecule has 210 valence electrons. The van der Waals surface area contributed by atoms with Crippen molar-refractivity contribution in [3.8, 4) is 0 Å². The Bertz CT molecular complexity index is 1040. The van der Waals surface area contributed by atoms with Crippen LogP contribution in [0, 0.1) is 51.8 Å². The van der Waals surface area contributed by atoms with Gasteiger partial charge in [-0.1, -0.05) is 33.8 Å². The van der Waals surface area contributed by atoms with Gasteiger partial charge in [0.2, 0.25) is 0 Å². The molecule has 5 rings (SSSR count). The fraction of sp³-hybridized carbons (Fsp3) is 0.788. The first kappa shape index (κ1) is 27.6. The van der Waals surface area contributed by atoms with Gasteiger partial charge in [-0.05, 0) is 128 Å². The molecule has 0 radical (unpaired) electrons. The highest BCUT2D eigenvalue weighted by Gasteiger charge is 2.76. The van der Waals surface area contributed by atoms with Crippen molar-refractivity contribution in [1.29, 1.82) is 0 Å². The zero-order chi connectivity index (χ0) is 27.5. The van der Waals surface area contributed by atoms with Gasteiger partial charge in [-0.3, -0.25) is 14.4 Å². The van der Waals surface area contributed by atoms with Crippen molar-refractivity contribution in [3.63, 3.8) is 0 Å². The van der Waals surface area contributed by atoms with Gasteiger partial charge in [-0.15, -0.1) is 0 Å². The van der Waals surface area contributed by atoms with Gasteiger partial charge in [-0.2, -0.15) is 0 Å². The first-order valence-corrected chi connectivity index (χ1v) is 15.4. The number of esters is 2. The molecule has 3 saturated carbocycles. The summed E-state index contributed by atoms with van der Waals surface area (Å²) in [5, 5.41) is 0. The summed E-state index contributed by atoms with van der Waals surface area (Å²) < 4.78 is 10.6. The van der Waals surface area contributed by atoms with Crippen LogP contribution in [0.25, 0.3) is 0 Å².